The van der Waals surface area contributed by atoms with Gasteiger partial charge in [-0.15, -0.1) is 0 Å². The van der Waals surface area contributed by atoms with Gasteiger partial charge in [-0.1, -0.05) is 279 Å². The van der Waals surface area contributed by atoms with Crippen LogP contribution in [0, 0.1) is 0 Å². The minimum Gasteiger partial charge on any atom is -0.456 e. The van der Waals surface area contributed by atoms with Crippen LogP contribution < -0.4 is 0 Å². The Balaban J connectivity index is 0.000000142. The highest BCUT2D eigenvalue weighted by molar-refractivity contribution is 6.26. The lowest BCUT2D eigenvalue weighted by atomic mass is 9.91. The average molecular weight is 1250 g/mol. The molecule has 0 atom stereocenters. The van der Waals surface area contributed by atoms with E-state index in [2.05, 4.69) is 217 Å². The van der Waals surface area contributed by atoms with Gasteiger partial charge in [-0.3, -0.25) is 0 Å². The molecule has 98 heavy (non-hydrogen) atoms. The summed E-state index contributed by atoms with van der Waals surface area (Å²) >= 11 is 0. The molecule has 0 radical (unpaired) electrons. The molecular formula is C90H57N7O. The molecule has 0 unspecified atom stereocenters. The minimum atomic E-state index is 0.603. The second-order valence-electron chi connectivity index (χ2n) is 24.5. The number of furan rings is 1. The lowest BCUT2D eigenvalue weighted by Crippen LogP contribution is -2.00. The highest BCUT2D eigenvalue weighted by Crippen LogP contribution is 2.42. The van der Waals surface area contributed by atoms with Crippen LogP contribution in [0.2, 0.25) is 0 Å². The van der Waals surface area contributed by atoms with Crippen molar-refractivity contribution in [2.75, 3.05) is 0 Å². The number of benzene rings is 15. The van der Waals surface area contributed by atoms with E-state index in [-0.39, 0.29) is 0 Å². The third-order valence-electron chi connectivity index (χ3n) is 18.5. The Morgan fingerprint density at radius 2 is 0.541 bits per heavy atom. The van der Waals surface area contributed by atoms with Gasteiger partial charge >= 0.3 is 0 Å². The Labute approximate surface area is 564 Å². The number of para-hydroxylation sites is 2. The quantitative estimate of drug-likeness (QED) is 0.126. The van der Waals surface area contributed by atoms with E-state index in [4.69, 9.17) is 34.3 Å². The fourth-order valence-electron chi connectivity index (χ4n) is 13.9. The second kappa shape index (κ2) is 24.6. The van der Waals surface area contributed by atoms with Crippen molar-refractivity contribution in [3.05, 3.63) is 346 Å². The zero-order valence-corrected chi connectivity index (χ0v) is 52.9. The molecule has 0 aliphatic rings. The molecule has 0 amide bonds. The number of aromatic nitrogens is 7. The van der Waals surface area contributed by atoms with Crippen LogP contribution in [0.4, 0.5) is 0 Å². The Morgan fingerprint density at radius 3 is 1.07 bits per heavy atom. The second-order valence-corrected chi connectivity index (χ2v) is 24.5. The molecule has 0 N–H and O–H groups in total. The molecule has 4 heterocycles. The summed E-state index contributed by atoms with van der Waals surface area (Å²) < 4.78 is 8.78. The smallest absolute Gasteiger partial charge is 0.164 e. The molecule has 19 rings (SSSR count). The van der Waals surface area contributed by atoms with Crippen molar-refractivity contribution in [2.24, 2.45) is 0 Å². The summed E-state index contributed by atoms with van der Waals surface area (Å²) in [5.41, 5.74) is 17.6. The van der Waals surface area contributed by atoms with Crippen LogP contribution in [0.25, 0.3) is 183 Å². The van der Waals surface area contributed by atoms with Gasteiger partial charge in [0.15, 0.2) is 34.9 Å². The van der Waals surface area contributed by atoms with Crippen molar-refractivity contribution in [2.45, 2.75) is 0 Å². The monoisotopic (exact) mass is 1250 g/mol. The van der Waals surface area contributed by atoms with Gasteiger partial charge in [-0.05, 0) is 132 Å². The van der Waals surface area contributed by atoms with E-state index >= 15 is 0 Å². The van der Waals surface area contributed by atoms with Gasteiger partial charge in [0.1, 0.15) is 11.2 Å². The van der Waals surface area contributed by atoms with Gasteiger partial charge in [0.25, 0.3) is 0 Å². The number of rotatable bonds is 10. The highest BCUT2D eigenvalue weighted by Gasteiger charge is 2.21. The minimum absolute atomic E-state index is 0.603. The fourth-order valence-corrected chi connectivity index (χ4v) is 13.9. The SMILES string of the molecule is c1ccc(-c2nc(-c3ccccc3)nc(-c3cccc(-c4cccc(-c5ccc6c7ccccc7c7ccccc7c6c5)c4)c3)n2)cc1.c1ccc(-c2nc(-c3ccccc3)nc(-c3cccc4oc5ccc(-c6ccc7c(c6)c6ccccc6n7-c6ccccc6)cc5c34)n2)cc1. The van der Waals surface area contributed by atoms with E-state index in [9.17, 15) is 0 Å². The summed E-state index contributed by atoms with van der Waals surface area (Å²) in [4.78, 5) is 29.7. The molecule has 0 saturated heterocycles. The lowest BCUT2D eigenvalue weighted by Gasteiger charge is -2.13. The Bertz CT molecular complexity index is 6080. The van der Waals surface area contributed by atoms with Crippen LogP contribution in [-0.2, 0) is 0 Å². The molecule has 458 valence electrons. The van der Waals surface area contributed by atoms with Crippen LogP contribution >= 0.6 is 0 Å². The van der Waals surface area contributed by atoms with Crippen LogP contribution in [0.1, 0.15) is 0 Å². The first-order valence-electron chi connectivity index (χ1n) is 32.9. The third kappa shape index (κ3) is 10.6. The van der Waals surface area contributed by atoms with E-state index in [1.54, 1.807) is 0 Å². The van der Waals surface area contributed by atoms with Crippen LogP contribution in [-0.4, -0.2) is 34.5 Å². The fraction of sp³-hybridized carbons (Fsp3) is 0. The maximum absolute atomic E-state index is 6.44. The first-order chi connectivity index (χ1) is 48.6. The maximum Gasteiger partial charge on any atom is 0.164 e. The van der Waals surface area contributed by atoms with E-state index in [0.717, 1.165) is 83.3 Å². The molecule has 0 fully saturated rings. The largest absolute Gasteiger partial charge is 0.456 e. The van der Waals surface area contributed by atoms with Gasteiger partial charge < -0.3 is 8.98 Å². The topological polar surface area (TPSA) is 95.4 Å². The number of fused-ring (bicyclic) bond motifs is 12. The summed E-state index contributed by atoms with van der Waals surface area (Å²) in [5.74, 6) is 3.82. The van der Waals surface area contributed by atoms with Gasteiger partial charge in [0.05, 0.1) is 11.0 Å². The predicted octanol–water partition coefficient (Wildman–Crippen LogP) is 23.2. The zero-order valence-electron chi connectivity index (χ0n) is 52.9. The first-order valence-corrected chi connectivity index (χ1v) is 32.9. The third-order valence-corrected chi connectivity index (χ3v) is 18.5. The van der Waals surface area contributed by atoms with E-state index < -0.39 is 0 Å². The molecule has 0 spiro atoms. The number of hydrogen-bond acceptors (Lipinski definition) is 7. The molecule has 15 aromatic carbocycles. The van der Waals surface area contributed by atoms with Crippen molar-refractivity contribution < 1.29 is 4.42 Å². The van der Waals surface area contributed by atoms with Gasteiger partial charge in [0, 0.05) is 60.6 Å². The van der Waals surface area contributed by atoms with Gasteiger partial charge in [0.2, 0.25) is 0 Å². The normalized spacial score (nSPS) is 11.5. The van der Waals surface area contributed by atoms with Crippen molar-refractivity contribution in [3.8, 4) is 107 Å². The maximum atomic E-state index is 6.44. The van der Waals surface area contributed by atoms with E-state index in [1.165, 1.54) is 65.3 Å². The number of hydrogen-bond donors (Lipinski definition) is 0. The predicted molar refractivity (Wildman–Crippen MR) is 403 cm³/mol. The molecule has 0 bridgehead atoms. The summed E-state index contributed by atoms with van der Waals surface area (Å²) in [6.07, 6.45) is 0. The first kappa shape index (κ1) is 57.4. The molecule has 8 heteroatoms. The van der Waals surface area contributed by atoms with Crippen LogP contribution in [0.15, 0.2) is 350 Å². The Morgan fingerprint density at radius 1 is 0.194 bits per heavy atom. The molecule has 0 aliphatic heterocycles. The Hall–Kier alpha value is -13.3. The van der Waals surface area contributed by atoms with Crippen molar-refractivity contribution in [1.29, 1.82) is 0 Å². The van der Waals surface area contributed by atoms with Crippen molar-refractivity contribution in [3.63, 3.8) is 0 Å². The molecular weight excluding hydrogens is 1200 g/mol. The molecule has 19 aromatic rings. The number of nitrogens with zero attached hydrogens (tertiary/aromatic N) is 7. The van der Waals surface area contributed by atoms with Gasteiger partial charge in [-0.2, -0.15) is 0 Å². The molecule has 8 nitrogen and oxygen atoms in total. The summed E-state index contributed by atoms with van der Waals surface area (Å²) in [6.45, 7) is 0. The standard InChI is InChI=1S/C45H28N4O.C45H29N3/c1-4-13-29(14-5-1)43-46-44(30-15-6-2-7-16-30)48-45(47-43)35-20-12-22-41-42(35)37-28-32(24-26-40(37)50-41)31-23-25-39-36(27-31)34-19-10-11-21-38(34)49(39)33-17-8-3-9-18-33;1-3-13-30(14-4-1)43-46-44(31-15-5-2-6-16-31)48-45(47-43)36-20-12-19-34(28-36)32-17-11-18-33(27-32)35-25-26-41-39-23-8-7-21-37(39)38-22-9-10-24-40(38)42(41)29-35/h1-28H;1-29H. The van der Waals surface area contributed by atoms with Gasteiger partial charge in [-0.25, -0.2) is 29.9 Å². The molecule has 0 saturated carbocycles. The van der Waals surface area contributed by atoms with Crippen LogP contribution in [0.5, 0.6) is 0 Å². The molecule has 0 aliphatic carbocycles. The zero-order chi connectivity index (χ0) is 64.9. The summed E-state index contributed by atoms with van der Waals surface area (Å²) in [6, 6.07) is 120. The van der Waals surface area contributed by atoms with E-state index in [1.807, 2.05) is 133 Å². The van der Waals surface area contributed by atoms with E-state index in [0.29, 0.717) is 34.9 Å². The summed E-state index contributed by atoms with van der Waals surface area (Å²) in [7, 11) is 0. The van der Waals surface area contributed by atoms with Crippen LogP contribution in [0.3, 0.4) is 0 Å². The molecule has 4 aromatic heterocycles. The van der Waals surface area contributed by atoms with Crippen molar-refractivity contribution >= 4 is 76.1 Å². The lowest BCUT2D eigenvalue weighted by molar-refractivity contribution is 0.669. The Kier molecular flexibility index (Phi) is 14.4. The highest BCUT2D eigenvalue weighted by atomic mass is 16.3. The van der Waals surface area contributed by atoms with Crippen molar-refractivity contribution in [1.82, 2.24) is 34.5 Å². The summed E-state index contributed by atoms with van der Waals surface area (Å²) in [5, 5.41) is 12.1. The average Bonchev–Trinajstić information content (AvgIpc) is 1.50.